The summed E-state index contributed by atoms with van der Waals surface area (Å²) in [5.41, 5.74) is 0.872. The van der Waals surface area contributed by atoms with E-state index in [1.165, 1.54) is 12.1 Å². The Bertz CT molecular complexity index is 976. The summed E-state index contributed by atoms with van der Waals surface area (Å²) in [6, 6.07) is 11.5. The van der Waals surface area contributed by atoms with Gasteiger partial charge in [-0.1, -0.05) is 41.4 Å². The lowest BCUT2D eigenvalue weighted by atomic mass is 9.98. The summed E-state index contributed by atoms with van der Waals surface area (Å²) in [6.07, 6.45) is 0. The fourth-order valence-electron chi connectivity index (χ4n) is 3.79. The van der Waals surface area contributed by atoms with Crippen LogP contribution in [0.25, 0.3) is 0 Å². The van der Waals surface area contributed by atoms with Crippen LogP contribution in [0.15, 0.2) is 42.5 Å². The summed E-state index contributed by atoms with van der Waals surface area (Å²) >= 11 is 12.4. The van der Waals surface area contributed by atoms with Gasteiger partial charge in [-0.25, -0.2) is 4.39 Å². The van der Waals surface area contributed by atoms with E-state index >= 15 is 0 Å². The molecule has 0 aliphatic carbocycles. The maximum absolute atomic E-state index is 13.6. The lowest BCUT2D eigenvalue weighted by molar-refractivity contribution is -0.149. The second-order valence-corrected chi connectivity index (χ2v) is 8.39. The molecular formula is C22H22Cl2FN3O3. The largest absolute Gasteiger partial charge is 0.481 e. The summed E-state index contributed by atoms with van der Waals surface area (Å²) in [7, 11) is 0. The Morgan fingerprint density at radius 3 is 2.39 bits per heavy atom. The minimum Gasteiger partial charge on any atom is -0.481 e. The third-order valence-electron chi connectivity index (χ3n) is 5.63. The van der Waals surface area contributed by atoms with Crippen molar-refractivity contribution in [2.45, 2.75) is 0 Å². The van der Waals surface area contributed by atoms with E-state index in [1.54, 1.807) is 23.1 Å². The second kappa shape index (κ2) is 9.32. The van der Waals surface area contributed by atoms with Crippen LogP contribution < -0.4 is 9.64 Å². The zero-order valence-corrected chi connectivity index (χ0v) is 18.3. The zero-order chi connectivity index (χ0) is 22.0. The van der Waals surface area contributed by atoms with Crippen molar-refractivity contribution in [1.29, 1.82) is 0 Å². The van der Waals surface area contributed by atoms with E-state index in [9.17, 15) is 14.0 Å². The molecule has 164 valence electrons. The maximum Gasteiger partial charge on any atom is 0.260 e. The Labute approximate surface area is 190 Å². The fraction of sp³-hybridized carbons (Fsp3) is 0.364. The lowest BCUT2D eigenvalue weighted by Gasteiger charge is -2.43. The molecule has 0 atom stereocenters. The van der Waals surface area contributed by atoms with Gasteiger partial charge in [0.15, 0.2) is 18.2 Å². The first-order valence-electron chi connectivity index (χ1n) is 10.1. The van der Waals surface area contributed by atoms with Gasteiger partial charge in [-0.05, 0) is 24.3 Å². The number of carbonyl (C=O) groups excluding carboxylic acids is 2. The first-order valence-corrected chi connectivity index (χ1v) is 10.8. The molecule has 0 radical (unpaired) electrons. The van der Waals surface area contributed by atoms with Gasteiger partial charge in [0.25, 0.3) is 5.91 Å². The van der Waals surface area contributed by atoms with Gasteiger partial charge in [0.05, 0.1) is 21.7 Å². The Balaban J connectivity index is 1.22. The van der Waals surface area contributed by atoms with E-state index < -0.39 is 5.82 Å². The predicted octanol–water partition coefficient (Wildman–Crippen LogP) is 3.32. The minimum absolute atomic E-state index is 0.0432. The number of para-hydroxylation sites is 1. The molecule has 0 bridgehead atoms. The maximum atomic E-state index is 13.6. The molecule has 6 nitrogen and oxygen atoms in total. The van der Waals surface area contributed by atoms with Gasteiger partial charge < -0.3 is 19.4 Å². The average molecular weight is 466 g/mol. The summed E-state index contributed by atoms with van der Waals surface area (Å²) < 4.78 is 18.8. The highest BCUT2D eigenvalue weighted by atomic mass is 35.5. The quantitative estimate of drug-likeness (QED) is 0.679. The highest BCUT2D eigenvalue weighted by molar-refractivity contribution is 6.43. The molecule has 2 aliphatic heterocycles. The molecule has 0 spiro atoms. The summed E-state index contributed by atoms with van der Waals surface area (Å²) in [5.74, 6) is -0.880. The number of anilines is 1. The highest BCUT2D eigenvalue weighted by Crippen LogP contribution is 2.33. The van der Waals surface area contributed by atoms with Crippen LogP contribution in [0.3, 0.4) is 0 Å². The van der Waals surface area contributed by atoms with E-state index in [2.05, 4.69) is 4.90 Å². The van der Waals surface area contributed by atoms with Crippen LogP contribution in [-0.2, 0) is 9.59 Å². The first-order chi connectivity index (χ1) is 14.9. The molecule has 0 aromatic heterocycles. The van der Waals surface area contributed by atoms with E-state index in [0.29, 0.717) is 49.3 Å². The number of halogens is 3. The van der Waals surface area contributed by atoms with Crippen LogP contribution in [0.2, 0.25) is 10.0 Å². The molecule has 2 amide bonds. The Kier molecular flexibility index (Phi) is 6.53. The van der Waals surface area contributed by atoms with Gasteiger partial charge >= 0.3 is 0 Å². The number of hydrogen-bond donors (Lipinski definition) is 0. The lowest BCUT2D eigenvalue weighted by Crippen LogP contribution is -2.59. The minimum atomic E-state index is -0.509. The number of piperazine rings is 1. The van der Waals surface area contributed by atoms with Crippen LogP contribution in [0.1, 0.15) is 0 Å². The number of hydrogen-bond acceptors (Lipinski definition) is 4. The standard InChI is InChI=1S/C22H22Cl2FN3O3/c23-16-4-3-6-18(21(16)24)26-8-10-27(11-9-26)22(30)15-12-28(13-15)20(29)14-31-19-7-2-1-5-17(19)25/h1-7,15H,8-14H2. The Hall–Kier alpha value is -2.51. The molecule has 0 N–H and O–H groups in total. The normalized spacial score (nSPS) is 16.8. The molecule has 2 aromatic rings. The van der Waals surface area contributed by atoms with Crippen LogP contribution in [-0.4, -0.2) is 67.5 Å². The number of benzene rings is 2. The van der Waals surface area contributed by atoms with Gasteiger partial charge in [-0.15, -0.1) is 0 Å². The third-order valence-corrected chi connectivity index (χ3v) is 6.44. The Morgan fingerprint density at radius 1 is 0.968 bits per heavy atom. The first kappa shape index (κ1) is 21.7. The van der Waals surface area contributed by atoms with E-state index in [4.69, 9.17) is 27.9 Å². The fourth-order valence-corrected chi connectivity index (χ4v) is 4.21. The van der Waals surface area contributed by atoms with Crippen molar-refractivity contribution in [3.05, 3.63) is 58.3 Å². The molecule has 0 saturated carbocycles. The molecule has 4 rings (SSSR count). The molecule has 9 heteroatoms. The summed E-state index contributed by atoms with van der Waals surface area (Å²) in [5, 5.41) is 1.03. The average Bonchev–Trinajstić information content (AvgIpc) is 2.74. The van der Waals surface area contributed by atoms with E-state index in [0.717, 1.165) is 5.69 Å². The SMILES string of the molecule is O=C(COc1ccccc1F)N1CC(C(=O)N2CCN(c3cccc(Cl)c3Cl)CC2)C1. The molecule has 2 fully saturated rings. The molecule has 0 unspecified atom stereocenters. The van der Waals surface area contributed by atoms with Gasteiger partial charge in [-0.3, -0.25) is 9.59 Å². The molecule has 2 aliphatic rings. The molecule has 2 heterocycles. The van der Waals surface area contributed by atoms with E-state index in [1.807, 2.05) is 17.0 Å². The second-order valence-electron chi connectivity index (χ2n) is 7.60. The number of carbonyl (C=O) groups is 2. The predicted molar refractivity (Wildman–Crippen MR) is 117 cm³/mol. The van der Waals surface area contributed by atoms with Gasteiger partial charge in [-0.2, -0.15) is 0 Å². The molecule has 2 aromatic carbocycles. The van der Waals surface area contributed by atoms with Crippen molar-refractivity contribution < 1.29 is 18.7 Å². The van der Waals surface area contributed by atoms with Crippen molar-refractivity contribution in [2.75, 3.05) is 50.8 Å². The van der Waals surface area contributed by atoms with Crippen molar-refractivity contribution in [3.63, 3.8) is 0 Å². The highest BCUT2D eigenvalue weighted by Gasteiger charge is 2.38. The summed E-state index contributed by atoms with van der Waals surface area (Å²) in [4.78, 5) is 30.5. The van der Waals surface area contributed by atoms with Crippen molar-refractivity contribution >= 4 is 40.7 Å². The third kappa shape index (κ3) is 4.72. The number of likely N-dealkylation sites (tertiary alicyclic amines) is 1. The summed E-state index contributed by atoms with van der Waals surface area (Å²) in [6.45, 7) is 2.97. The van der Waals surface area contributed by atoms with Crippen molar-refractivity contribution in [1.82, 2.24) is 9.80 Å². The van der Waals surface area contributed by atoms with Gasteiger partial charge in [0, 0.05) is 39.3 Å². The monoisotopic (exact) mass is 465 g/mol. The van der Waals surface area contributed by atoms with Crippen LogP contribution in [0, 0.1) is 11.7 Å². The van der Waals surface area contributed by atoms with Crippen LogP contribution in [0.4, 0.5) is 10.1 Å². The van der Waals surface area contributed by atoms with Crippen LogP contribution in [0.5, 0.6) is 5.75 Å². The number of ether oxygens (including phenoxy) is 1. The molecule has 2 saturated heterocycles. The Morgan fingerprint density at radius 2 is 1.68 bits per heavy atom. The molecule has 31 heavy (non-hydrogen) atoms. The zero-order valence-electron chi connectivity index (χ0n) is 16.8. The van der Waals surface area contributed by atoms with Crippen molar-refractivity contribution in [2.24, 2.45) is 5.92 Å². The number of nitrogens with zero attached hydrogens (tertiary/aromatic N) is 3. The van der Waals surface area contributed by atoms with Gasteiger partial charge in [0.1, 0.15) is 0 Å². The van der Waals surface area contributed by atoms with Gasteiger partial charge in [0.2, 0.25) is 5.91 Å². The van der Waals surface area contributed by atoms with Crippen LogP contribution >= 0.6 is 23.2 Å². The van der Waals surface area contributed by atoms with Crippen molar-refractivity contribution in [3.8, 4) is 5.75 Å². The number of rotatable bonds is 5. The van der Waals surface area contributed by atoms with E-state index in [-0.39, 0.29) is 30.1 Å². The topological polar surface area (TPSA) is 53.1 Å². The number of amides is 2. The smallest absolute Gasteiger partial charge is 0.260 e. The molecular weight excluding hydrogens is 444 g/mol.